The van der Waals surface area contributed by atoms with Crippen molar-refractivity contribution in [3.8, 4) is 0 Å². The maximum absolute atomic E-state index is 11.4. The molecule has 0 saturated carbocycles. The molecule has 1 rings (SSSR count). The quantitative estimate of drug-likeness (QED) is 0.678. The molecular weight excluding hydrogens is 228 g/mol. The van der Waals surface area contributed by atoms with Gasteiger partial charge in [0.25, 0.3) is 5.91 Å². The van der Waals surface area contributed by atoms with Gasteiger partial charge >= 0.3 is 0 Å². The Morgan fingerprint density at radius 1 is 1.50 bits per heavy atom. The van der Waals surface area contributed by atoms with Crippen LogP contribution in [-0.2, 0) is 4.79 Å². The van der Waals surface area contributed by atoms with E-state index in [1.54, 1.807) is 24.4 Å². The van der Waals surface area contributed by atoms with Crippen molar-refractivity contribution in [1.29, 1.82) is 0 Å². The standard InChI is InChI=1S/C10H14N2O3S/c1-7(13)5-11-9(14)6-12-10(15)8-3-2-4-16-8/h2-4,7,13H,5-6H2,1H3,(H,11,14)(H,12,15)/t7-/m1/s1. The van der Waals surface area contributed by atoms with Crippen molar-refractivity contribution in [2.45, 2.75) is 13.0 Å². The van der Waals surface area contributed by atoms with Crippen LogP contribution in [-0.4, -0.2) is 36.1 Å². The highest BCUT2D eigenvalue weighted by molar-refractivity contribution is 7.12. The van der Waals surface area contributed by atoms with Gasteiger partial charge in [-0.3, -0.25) is 9.59 Å². The lowest BCUT2D eigenvalue weighted by atomic mass is 10.4. The number of amides is 2. The number of aliphatic hydroxyl groups is 1. The predicted octanol–water partition coefficient (Wildman–Crippen LogP) is -0.0251. The molecule has 1 aromatic heterocycles. The summed E-state index contributed by atoms with van der Waals surface area (Å²) in [5.41, 5.74) is 0. The first-order chi connectivity index (χ1) is 7.59. The molecule has 88 valence electrons. The van der Waals surface area contributed by atoms with Crippen molar-refractivity contribution >= 4 is 23.2 Å². The minimum absolute atomic E-state index is 0.0799. The van der Waals surface area contributed by atoms with E-state index in [0.29, 0.717) is 4.88 Å². The van der Waals surface area contributed by atoms with E-state index in [0.717, 1.165) is 0 Å². The van der Waals surface area contributed by atoms with E-state index in [2.05, 4.69) is 10.6 Å². The number of carbonyl (C=O) groups excluding carboxylic acids is 2. The summed E-state index contributed by atoms with van der Waals surface area (Å²) in [6.45, 7) is 1.68. The Kier molecular flexibility index (Phi) is 4.94. The monoisotopic (exact) mass is 242 g/mol. The summed E-state index contributed by atoms with van der Waals surface area (Å²) in [6.07, 6.45) is -0.586. The Labute approximate surface area is 97.5 Å². The fourth-order valence-electron chi connectivity index (χ4n) is 0.979. The second-order valence-electron chi connectivity index (χ2n) is 3.31. The van der Waals surface area contributed by atoms with E-state index in [1.807, 2.05) is 0 Å². The molecule has 0 aliphatic heterocycles. The second-order valence-corrected chi connectivity index (χ2v) is 4.26. The number of carbonyl (C=O) groups is 2. The molecule has 0 saturated heterocycles. The van der Waals surface area contributed by atoms with Gasteiger partial charge in [-0.05, 0) is 18.4 Å². The molecule has 1 atom stereocenters. The van der Waals surface area contributed by atoms with Crippen molar-refractivity contribution in [3.63, 3.8) is 0 Å². The number of nitrogens with one attached hydrogen (secondary N) is 2. The number of rotatable bonds is 5. The lowest BCUT2D eigenvalue weighted by Gasteiger charge is -2.07. The highest BCUT2D eigenvalue weighted by Crippen LogP contribution is 2.07. The molecule has 0 fully saturated rings. The van der Waals surface area contributed by atoms with Crippen LogP contribution in [0.4, 0.5) is 0 Å². The summed E-state index contributed by atoms with van der Waals surface area (Å²) >= 11 is 1.32. The molecule has 6 heteroatoms. The van der Waals surface area contributed by atoms with E-state index in [1.165, 1.54) is 11.3 Å². The smallest absolute Gasteiger partial charge is 0.261 e. The van der Waals surface area contributed by atoms with E-state index >= 15 is 0 Å². The number of hydrogen-bond donors (Lipinski definition) is 3. The summed E-state index contributed by atoms with van der Waals surface area (Å²) in [6, 6.07) is 3.46. The second kappa shape index (κ2) is 6.24. The molecular formula is C10H14N2O3S. The van der Waals surface area contributed by atoms with Gasteiger partial charge < -0.3 is 15.7 Å². The van der Waals surface area contributed by atoms with Crippen molar-refractivity contribution in [2.75, 3.05) is 13.1 Å². The average Bonchev–Trinajstić information content (AvgIpc) is 2.76. The van der Waals surface area contributed by atoms with E-state index in [9.17, 15) is 9.59 Å². The van der Waals surface area contributed by atoms with Crippen LogP contribution in [0.3, 0.4) is 0 Å². The van der Waals surface area contributed by atoms with Gasteiger partial charge in [-0.1, -0.05) is 6.07 Å². The van der Waals surface area contributed by atoms with Crippen LogP contribution in [0.5, 0.6) is 0 Å². The van der Waals surface area contributed by atoms with Crippen LogP contribution in [0.15, 0.2) is 17.5 Å². The predicted molar refractivity (Wildman–Crippen MR) is 61.3 cm³/mol. The summed E-state index contributed by atoms with van der Waals surface area (Å²) in [5, 5.41) is 15.7. The Hall–Kier alpha value is -1.40. The number of thiophene rings is 1. The third-order valence-electron chi connectivity index (χ3n) is 1.75. The third-order valence-corrected chi connectivity index (χ3v) is 2.62. The molecule has 3 N–H and O–H groups in total. The van der Waals surface area contributed by atoms with Crippen LogP contribution in [0.2, 0.25) is 0 Å². The highest BCUT2D eigenvalue weighted by atomic mass is 32.1. The molecule has 0 aliphatic rings. The van der Waals surface area contributed by atoms with Gasteiger partial charge in [0.2, 0.25) is 5.91 Å². The van der Waals surface area contributed by atoms with Crippen LogP contribution in [0.25, 0.3) is 0 Å². The fourth-order valence-corrected chi connectivity index (χ4v) is 1.62. The summed E-state index contributed by atoms with van der Waals surface area (Å²) in [4.78, 5) is 23.2. The summed E-state index contributed by atoms with van der Waals surface area (Å²) in [5.74, 6) is -0.576. The molecule has 0 bridgehead atoms. The summed E-state index contributed by atoms with van der Waals surface area (Å²) < 4.78 is 0. The normalized spacial score (nSPS) is 11.9. The van der Waals surface area contributed by atoms with Crippen LogP contribution >= 0.6 is 11.3 Å². The fraction of sp³-hybridized carbons (Fsp3) is 0.400. The zero-order chi connectivity index (χ0) is 12.0. The lowest BCUT2D eigenvalue weighted by Crippen LogP contribution is -2.39. The Bertz CT molecular complexity index is 349. The zero-order valence-corrected chi connectivity index (χ0v) is 9.71. The van der Waals surface area contributed by atoms with Gasteiger partial charge in [-0.2, -0.15) is 0 Å². The zero-order valence-electron chi connectivity index (χ0n) is 8.90. The minimum Gasteiger partial charge on any atom is -0.392 e. The van der Waals surface area contributed by atoms with Crippen LogP contribution < -0.4 is 10.6 Å². The Morgan fingerprint density at radius 2 is 2.25 bits per heavy atom. The molecule has 16 heavy (non-hydrogen) atoms. The van der Waals surface area contributed by atoms with Crippen LogP contribution in [0, 0.1) is 0 Å². The van der Waals surface area contributed by atoms with Gasteiger partial charge in [0.1, 0.15) is 0 Å². The van der Waals surface area contributed by atoms with E-state index < -0.39 is 6.10 Å². The largest absolute Gasteiger partial charge is 0.392 e. The number of hydrogen-bond acceptors (Lipinski definition) is 4. The van der Waals surface area contributed by atoms with Crippen molar-refractivity contribution in [3.05, 3.63) is 22.4 Å². The minimum atomic E-state index is -0.586. The van der Waals surface area contributed by atoms with E-state index in [4.69, 9.17) is 5.11 Å². The first kappa shape index (κ1) is 12.7. The maximum atomic E-state index is 11.4. The Balaban J connectivity index is 2.24. The van der Waals surface area contributed by atoms with Gasteiger partial charge in [-0.25, -0.2) is 0 Å². The molecule has 0 radical (unpaired) electrons. The maximum Gasteiger partial charge on any atom is 0.261 e. The molecule has 0 unspecified atom stereocenters. The molecule has 5 nitrogen and oxygen atoms in total. The Morgan fingerprint density at radius 3 is 2.81 bits per heavy atom. The molecule has 1 heterocycles. The molecule has 2 amide bonds. The molecule has 1 aromatic rings. The molecule has 0 aliphatic carbocycles. The topological polar surface area (TPSA) is 78.4 Å². The van der Waals surface area contributed by atoms with E-state index in [-0.39, 0.29) is 24.9 Å². The van der Waals surface area contributed by atoms with Crippen molar-refractivity contribution in [2.24, 2.45) is 0 Å². The highest BCUT2D eigenvalue weighted by Gasteiger charge is 2.08. The molecule has 0 aromatic carbocycles. The molecule has 0 spiro atoms. The summed E-state index contributed by atoms with van der Waals surface area (Å²) in [7, 11) is 0. The van der Waals surface area contributed by atoms with Gasteiger partial charge in [0.05, 0.1) is 17.5 Å². The van der Waals surface area contributed by atoms with Gasteiger partial charge in [0.15, 0.2) is 0 Å². The third kappa shape index (κ3) is 4.41. The van der Waals surface area contributed by atoms with Crippen molar-refractivity contribution < 1.29 is 14.7 Å². The first-order valence-corrected chi connectivity index (χ1v) is 5.74. The first-order valence-electron chi connectivity index (χ1n) is 4.86. The SMILES string of the molecule is C[C@@H](O)CNC(=O)CNC(=O)c1cccs1. The van der Waals surface area contributed by atoms with Gasteiger partial charge in [0, 0.05) is 6.54 Å². The van der Waals surface area contributed by atoms with Gasteiger partial charge in [-0.15, -0.1) is 11.3 Å². The average molecular weight is 242 g/mol. The number of aliphatic hydroxyl groups excluding tert-OH is 1. The lowest BCUT2D eigenvalue weighted by molar-refractivity contribution is -0.120. The van der Waals surface area contributed by atoms with Crippen molar-refractivity contribution in [1.82, 2.24) is 10.6 Å². The van der Waals surface area contributed by atoms with Crippen LogP contribution in [0.1, 0.15) is 16.6 Å².